The van der Waals surface area contributed by atoms with E-state index in [1.807, 2.05) is 0 Å². The summed E-state index contributed by atoms with van der Waals surface area (Å²) in [4.78, 5) is 0. The molecule has 0 spiro atoms. The van der Waals surface area contributed by atoms with Crippen molar-refractivity contribution < 1.29 is 93.4 Å². The van der Waals surface area contributed by atoms with Crippen molar-refractivity contribution in [3.05, 3.63) is 0 Å². The first-order valence-corrected chi connectivity index (χ1v) is 6.39. The predicted molar refractivity (Wildman–Crippen MR) is 30.0 cm³/mol. The zero-order valence-corrected chi connectivity index (χ0v) is 17.0. The fourth-order valence-corrected chi connectivity index (χ4v) is 0.0454. The molecule has 0 bridgehead atoms. The molecule has 0 aromatic rings. The van der Waals surface area contributed by atoms with Crippen LogP contribution in [0.15, 0.2) is 0 Å². The van der Waals surface area contributed by atoms with E-state index in [4.69, 9.17) is 29.5 Å². The molecule has 0 fully saturated rings. The first-order valence-electron chi connectivity index (χ1n) is 2.75. The molecule has 0 unspecified atom stereocenters. The van der Waals surface area contributed by atoms with Crippen molar-refractivity contribution in [2.24, 2.45) is 0 Å². The van der Waals surface area contributed by atoms with E-state index in [-0.39, 0.29) is 84.2 Å². The van der Waals surface area contributed by atoms with E-state index < -0.39 is 0 Å². The fraction of sp³-hybridized carbons (Fsp3) is 0. The van der Waals surface area contributed by atoms with Crippen LogP contribution in [0, 0.1) is 0 Å². The summed E-state index contributed by atoms with van der Waals surface area (Å²) >= 11 is 0.375. The van der Waals surface area contributed by atoms with Crippen LogP contribution in [0.5, 0.6) is 0 Å². The number of hydrogen-bond donors (Lipinski definition) is 0. The first-order chi connectivity index (χ1) is 7.83. The molecular weight excluding hydrogens is 383 g/mol. The third-order valence-corrected chi connectivity index (χ3v) is 0.222. The second-order valence-electron chi connectivity index (χ2n) is 0.657. The molecule has 0 rings (SSSR count). The molecule has 0 radical (unpaired) electrons. The second kappa shape index (κ2) is 78.6. The molecule has 0 aromatic heterocycles. The molecule has 0 saturated heterocycles. The number of hydrogen-bond acceptors (Lipinski definition) is 9. The Bertz CT molecular complexity index is 123. The van der Waals surface area contributed by atoms with Crippen LogP contribution in [-0.2, 0) is 93.4 Å². The molecule has 16 heteroatoms. The summed E-state index contributed by atoms with van der Waals surface area (Å²) in [5.74, 6) is 0. The van der Waals surface area contributed by atoms with Gasteiger partial charge in [-0.1, -0.05) is 0 Å². The van der Waals surface area contributed by atoms with Crippen molar-refractivity contribution in [1.29, 1.82) is 0 Å². The van der Waals surface area contributed by atoms with Crippen LogP contribution in [-0.4, -0.2) is 29.4 Å². The van der Waals surface area contributed by atoms with Crippen molar-refractivity contribution in [3.63, 3.8) is 0 Å². The molecule has 72 valence electrons. The Morgan fingerprint density at radius 3 is 0.625 bits per heavy atom. The zero-order valence-electron chi connectivity index (χ0n) is 8.10. The van der Waals surface area contributed by atoms with Crippen molar-refractivity contribution >= 4 is 29.4 Å². The van der Waals surface area contributed by atoms with Gasteiger partial charge in [-0.25, -0.2) is 0 Å². The van der Waals surface area contributed by atoms with Crippen LogP contribution in [0.2, 0.25) is 0 Å². The summed E-state index contributed by atoms with van der Waals surface area (Å²) in [7, 11) is 0.250. The maximum atomic E-state index is 8.95. The quantitative estimate of drug-likeness (QED) is 0.482. The monoisotopic (exact) mass is 380 g/mol. The molecule has 0 amide bonds. The van der Waals surface area contributed by atoms with Crippen molar-refractivity contribution in [2.45, 2.75) is 0 Å². The summed E-state index contributed by atoms with van der Waals surface area (Å²) in [6, 6.07) is 0. The molecule has 16 heavy (non-hydrogen) atoms. The van der Waals surface area contributed by atoms with Gasteiger partial charge in [-0.3, -0.25) is 0 Å². The molecule has 0 aliphatic carbocycles. The summed E-state index contributed by atoms with van der Waals surface area (Å²) in [6.45, 7) is 0. The molecule has 0 saturated carbocycles. The summed E-state index contributed by atoms with van der Waals surface area (Å²) in [6.07, 6.45) is 0. The Kier molecular flexibility index (Phi) is 147. The molecular formula is B4O9Zn3. The molecule has 0 N–H and O–H groups in total. The van der Waals surface area contributed by atoms with E-state index in [1.54, 1.807) is 0 Å². The van der Waals surface area contributed by atoms with Gasteiger partial charge >= 0.3 is 123 Å². The van der Waals surface area contributed by atoms with Gasteiger partial charge in [-0.2, -0.15) is 0 Å². The zero-order chi connectivity index (χ0) is 14.2. The van der Waals surface area contributed by atoms with E-state index in [2.05, 4.69) is 9.14 Å². The van der Waals surface area contributed by atoms with Crippen LogP contribution in [0.25, 0.3) is 0 Å². The number of rotatable bonds is 4. The van der Waals surface area contributed by atoms with Crippen LogP contribution in [0.4, 0.5) is 0 Å². The van der Waals surface area contributed by atoms with Crippen molar-refractivity contribution in [1.82, 2.24) is 0 Å². The Morgan fingerprint density at radius 2 is 0.625 bits per heavy atom. The van der Waals surface area contributed by atoms with Gasteiger partial charge in [0.05, 0.1) is 0 Å². The van der Waals surface area contributed by atoms with Gasteiger partial charge in [0.25, 0.3) is 0 Å². The molecule has 0 aliphatic heterocycles. The summed E-state index contributed by atoms with van der Waals surface area (Å²) in [5.41, 5.74) is 0. The topological polar surface area (TPSA) is 138 Å². The Balaban J connectivity index is -0.0000000345. The Hall–Kier alpha value is 0.330. The van der Waals surface area contributed by atoms with Crippen LogP contribution in [0.1, 0.15) is 0 Å². The molecule has 0 heterocycles. The Morgan fingerprint density at radius 1 is 0.500 bits per heavy atom. The van der Waals surface area contributed by atoms with E-state index >= 15 is 0 Å². The van der Waals surface area contributed by atoms with E-state index in [9.17, 15) is 0 Å². The van der Waals surface area contributed by atoms with E-state index in [0.717, 1.165) is 0 Å². The SMILES string of the molecule is O=BOB=O.O=BOB=O.[O]=[Zn].[O]=[Zn].[O]=[Zn]. The predicted octanol–water partition coefficient (Wildman–Crippen LogP) is -2.50. The molecule has 0 aromatic carbocycles. The van der Waals surface area contributed by atoms with Gasteiger partial charge in [0.1, 0.15) is 0 Å². The average molecular weight is 383 g/mol. The van der Waals surface area contributed by atoms with Gasteiger partial charge in [0.15, 0.2) is 0 Å². The van der Waals surface area contributed by atoms with Gasteiger partial charge in [-0.05, 0) is 0 Å². The van der Waals surface area contributed by atoms with Crippen molar-refractivity contribution in [2.75, 3.05) is 0 Å². The van der Waals surface area contributed by atoms with Crippen LogP contribution in [0.3, 0.4) is 0 Å². The Labute approximate surface area is 122 Å². The summed E-state index contributed by atoms with van der Waals surface area (Å²) < 4.78 is 67.9. The average Bonchev–Trinajstić information content (AvgIpc) is 2.39. The fourth-order valence-electron chi connectivity index (χ4n) is 0.0454. The second-order valence-corrected chi connectivity index (χ2v) is 0.657. The van der Waals surface area contributed by atoms with Gasteiger partial charge in [0, 0.05) is 0 Å². The van der Waals surface area contributed by atoms with Gasteiger partial charge in [-0.15, -0.1) is 0 Å². The minimum atomic E-state index is 0.0625. The first kappa shape index (κ1) is 29.9. The van der Waals surface area contributed by atoms with Crippen molar-refractivity contribution in [3.8, 4) is 0 Å². The van der Waals surface area contributed by atoms with E-state index in [1.165, 1.54) is 0 Å². The third-order valence-electron chi connectivity index (χ3n) is 0.222. The maximum absolute atomic E-state index is 8.95. The van der Waals surface area contributed by atoms with Crippen LogP contribution < -0.4 is 0 Å². The van der Waals surface area contributed by atoms with Gasteiger partial charge in [0.2, 0.25) is 0 Å². The molecule has 0 atom stereocenters. The molecule has 9 nitrogen and oxygen atoms in total. The standard InChI is InChI=1S/2B2O3.3O.3Zn/c2*3-1-5-2-4;;;;;;. The molecule has 0 aliphatic rings. The van der Waals surface area contributed by atoms with Crippen LogP contribution >= 0.6 is 0 Å². The third kappa shape index (κ3) is 136. The van der Waals surface area contributed by atoms with Gasteiger partial charge < -0.3 is 0 Å². The summed E-state index contributed by atoms with van der Waals surface area (Å²) in [5, 5.41) is 0. The van der Waals surface area contributed by atoms with E-state index in [0.29, 0.717) is 0 Å². The normalized spacial score (nSPS) is 3.62. The minimum absolute atomic E-state index is 0.0625.